The van der Waals surface area contributed by atoms with Crippen LogP contribution in [0.25, 0.3) is 0 Å². The normalized spacial score (nSPS) is 10.1. The predicted octanol–water partition coefficient (Wildman–Crippen LogP) is 3.95. The fourth-order valence-corrected chi connectivity index (χ4v) is 2.77. The summed E-state index contributed by atoms with van der Waals surface area (Å²) in [6.07, 6.45) is 0. The van der Waals surface area contributed by atoms with Gasteiger partial charge in [-0.05, 0) is 62.0 Å². The zero-order valence-electron chi connectivity index (χ0n) is 13.6. The van der Waals surface area contributed by atoms with E-state index in [1.807, 2.05) is 49.1 Å². The molecule has 2 aromatic carbocycles. The molecule has 0 radical (unpaired) electrons. The topological polar surface area (TPSA) is 41.6 Å². The van der Waals surface area contributed by atoms with E-state index in [2.05, 4.69) is 5.32 Å². The number of para-hydroxylation sites is 1. The lowest BCUT2D eigenvalue weighted by molar-refractivity contribution is -0.121. The summed E-state index contributed by atoms with van der Waals surface area (Å²) in [6, 6.07) is 14.9. The third kappa shape index (κ3) is 4.94. The molecule has 0 saturated carbocycles. The van der Waals surface area contributed by atoms with Gasteiger partial charge in [-0.3, -0.25) is 10.1 Å². The summed E-state index contributed by atoms with van der Waals surface area (Å²) in [5.41, 5.74) is 1.80. The molecule has 2 rings (SSSR count). The van der Waals surface area contributed by atoms with Crippen LogP contribution in [-0.2, 0) is 4.79 Å². The first kappa shape index (κ1) is 18.2. The lowest BCUT2D eigenvalue weighted by Gasteiger charge is -2.23. The highest BCUT2D eigenvalue weighted by atomic mass is 35.5. The Bertz CT molecular complexity index is 722. The smallest absolute Gasteiger partial charge is 0.264 e. The molecule has 6 heteroatoms. The number of nitrogens with one attached hydrogen (secondary N) is 1. The van der Waals surface area contributed by atoms with Crippen LogP contribution in [0.1, 0.15) is 12.5 Å². The molecular formula is C18H19ClN2O2S. The number of benzene rings is 2. The van der Waals surface area contributed by atoms with Crippen LogP contribution in [0.4, 0.5) is 5.69 Å². The van der Waals surface area contributed by atoms with Crippen molar-refractivity contribution in [1.82, 2.24) is 5.32 Å². The number of halogens is 1. The summed E-state index contributed by atoms with van der Waals surface area (Å²) >= 11 is 11.2. The van der Waals surface area contributed by atoms with Crippen LogP contribution in [0.2, 0.25) is 5.02 Å². The van der Waals surface area contributed by atoms with Gasteiger partial charge in [0.05, 0.1) is 0 Å². The zero-order valence-corrected chi connectivity index (χ0v) is 15.2. The van der Waals surface area contributed by atoms with Crippen LogP contribution in [0.5, 0.6) is 5.75 Å². The van der Waals surface area contributed by atoms with Gasteiger partial charge in [-0.25, -0.2) is 0 Å². The Labute approximate surface area is 152 Å². The molecule has 0 unspecified atom stereocenters. The molecule has 0 aliphatic rings. The van der Waals surface area contributed by atoms with Gasteiger partial charge < -0.3 is 9.64 Å². The summed E-state index contributed by atoms with van der Waals surface area (Å²) in [6.45, 7) is 4.38. The molecule has 1 amide bonds. The number of nitrogens with zero attached hydrogens (tertiary/aromatic N) is 1. The number of amides is 1. The van der Waals surface area contributed by atoms with Gasteiger partial charge in [0.2, 0.25) is 0 Å². The van der Waals surface area contributed by atoms with Gasteiger partial charge >= 0.3 is 0 Å². The maximum atomic E-state index is 12.1. The van der Waals surface area contributed by atoms with Crippen molar-refractivity contribution in [3.05, 3.63) is 59.1 Å². The minimum Gasteiger partial charge on any atom is -0.483 e. The molecule has 126 valence electrons. The van der Waals surface area contributed by atoms with Crippen LogP contribution < -0.4 is 15.0 Å². The number of hydrogen-bond donors (Lipinski definition) is 1. The van der Waals surface area contributed by atoms with Gasteiger partial charge in [0, 0.05) is 17.3 Å². The Kier molecular flexibility index (Phi) is 6.58. The Morgan fingerprint density at radius 1 is 1.25 bits per heavy atom. The SMILES string of the molecule is CCN(C(=S)NC(=O)COc1ccc(Cl)cc1C)c1ccccc1. The summed E-state index contributed by atoms with van der Waals surface area (Å²) < 4.78 is 5.52. The summed E-state index contributed by atoms with van der Waals surface area (Å²) in [7, 11) is 0. The van der Waals surface area contributed by atoms with Crippen LogP contribution in [0.3, 0.4) is 0 Å². The number of thiocarbonyl (C=S) groups is 1. The molecule has 4 nitrogen and oxygen atoms in total. The predicted molar refractivity (Wildman–Crippen MR) is 102 cm³/mol. The Morgan fingerprint density at radius 3 is 2.58 bits per heavy atom. The molecule has 0 atom stereocenters. The van der Waals surface area contributed by atoms with Crippen molar-refractivity contribution in [2.45, 2.75) is 13.8 Å². The molecule has 0 fully saturated rings. The van der Waals surface area contributed by atoms with Gasteiger partial charge in [0.25, 0.3) is 5.91 Å². The lowest BCUT2D eigenvalue weighted by atomic mass is 10.2. The van der Waals surface area contributed by atoms with Crippen LogP contribution in [0.15, 0.2) is 48.5 Å². The monoisotopic (exact) mass is 362 g/mol. The molecule has 0 aliphatic carbocycles. The molecular weight excluding hydrogens is 344 g/mol. The fraction of sp³-hybridized carbons (Fsp3) is 0.222. The highest BCUT2D eigenvalue weighted by Crippen LogP contribution is 2.21. The second-order valence-corrected chi connectivity index (χ2v) is 5.95. The van der Waals surface area contributed by atoms with Gasteiger partial charge in [0.15, 0.2) is 11.7 Å². The largest absolute Gasteiger partial charge is 0.483 e. The average Bonchev–Trinajstić information content (AvgIpc) is 2.55. The van der Waals surface area contributed by atoms with Crippen molar-refractivity contribution in [3.63, 3.8) is 0 Å². The Balaban J connectivity index is 1.92. The molecule has 0 heterocycles. The number of carbonyl (C=O) groups is 1. The molecule has 0 aromatic heterocycles. The molecule has 0 bridgehead atoms. The highest BCUT2D eigenvalue weighted by Gasteiger charge is 2.13. The minimum absolute atomic E-state index is 0.116. The van der Waals surface area contributed by atoms with Gasteiger partial charge in [-0.15, -0.1) is 0 Å². The van der Waals surface area contributed by atoms with E-state index in [0.717, 1.165) is 11.3 Å². The second-order valence-electron chi connectivity index (χ2n) is 5.13. The van der Waals surface area contributed by atoms with Crippen LogP contribution in [0, 0.1) is 6.92 Å². The number of hydrogen-bond acceptors (Lipinski definition) is 3. The van der Waals surface area contributed by atoms with E-state index in [1.54, 1.807) is 18.2 Å². The molecule has 2 aromatic rings. The quantitative estimate of drug-likeness (QED) is 0.817. The third-order valence-corrected chi connectivity index (χ3v) is 3.93. The summed E-state index contributed by atoms with van der Waals surface area (Å²) in [4.78, 5) is 13.9. The lowest BCUT2D eigenvalue weighted by Crippen LogP contribution is -2.44. The number of rotatable bonds is 5. The maximum Gasteiger partial charge on any atom is 0.264 e. The average molecular weight is 363 g/mol. The minimum atomic E-state index is -0.302. The van der Waals surface area contributed by atoms with Crippen molar-refractivity contribution in [2.24, 2.45) is 0 Å². The first-order chi connectivity index (χ1) is 11.5. The fourth-order valence-electron chi connectivity index (χ4n) is 2.19. The van der Waals surface area contributed by atoms with Crippen molar-refractivity contribution < 1.29 is 9.53 Å². The first-order valence-electron chi connectivity index (χ1n) is 7.56. The van der Waals surface area contributed by atoms with Crippen LogP contribution in [-0.4, -0.2) is 24.2 Å². The van der Waals surface area contributed by atoms with E-state index in [1.165, 1.54) is 0 Å². The number of anilines is 1. The second kappa shape index (κ2) is 8.66. The number of carbonyl (C=O) groups excluding carboxylic acids is 1. The van der Waals surface area contributed by atoms with Crippen molar-refractivity contribution >= 4 is 40.5 Å². The molecule has 0 spiro atoms. The van der Waals surface area contributed by atoms with Crippen LogP contribution >= 0.6 is 23.8 Å². The van der Waals surface area contributed by atoms with E-state index in [9.17, 15) is 4.79 Å². The molecule has 0 saturated heterocycles. The van der Waals surface area contributed by atoms with Gasteiger partial charge in [-0.1, -0.05) is 29.8 Å². The maximum absolute atomic E-state index is 12.1. The van der Waals surface area contributed by atoms with Gasteiger partial charge in [0.1, 0.15) is 5.75 Å². The van der Waals surface area contributed by atoms with Gasteiger partial charge in [-0.2, -0.15) is 0 Å². The number of ether oxygens (including phenoxy) is 1. The van der Waals surface area contributed by atoms with E-state index in [0.29, 0.717) is 22.4 Å². The first-order valence-corrected chi connectivity index (χ1v) is 8.35. The molecule has 0 aliphatic heterocycles. The Morgan fingerprint density at radius 2 is 1.96 bits per heavy atom. The number of aryl methyl sites for hydroxylation is 1. The van der Waals surface area contributed by atoms with E-state index >= 15 is 0 Å². The molecule has 24 heavy (non-hydrogen) atoms. The standard InChI is InChI=1S/C18H19ClN2O2S/c1-3-21(15-7-5-4-6-8-15)18(24)20-17(22)12-23-16-10-9-14(19)11-13(16)2/h4-11H,3,12H2,1-2H3,(H,20,22,24). The summed E-state index contributed by atoms with van der Waals surface area (Å²) in [5.74, 6) is 0.319. The van der Waals surface area contributed by atoms with E-state index < -0.39 is 0 Å². The van der Waals surface area contributed by atoms with Crippen molar-refractivity contribution in [3.8, 4) is 5.75 Å². The van der Waals surface area contributed by atoms with Crippen molar-refractivity contribution in [2.75, 3.05) is 18.1 Å². The van der Waals surface area contributed by atoms with E-state index in [-0.39, 0.29) is 12.5 Å². The highest BCUT2D eigenvalue weighted by molar-refractivity contribution is 7.80. The van der Waals surface area contributed by atoms with E-state index in [4.69, 9.17) is 28.6 Å². The Hall–Kier alpha value is -2.11. The third-order valence-electron chi connectivity index (χ3n) is 3.37. The van der Waals surface area contributed by atoms with Crippen molar-refractivity contribution in [1.29, 1.82) is 0 Å². The zero-order chi connectivity index (χ0) is 17.5. The summed E-state index contributed by atoms with van der Waals surface area (Å²) in [5, 5.41) is 3.68. The molecule has 1 N–H and O–H groups in total.